The third-order valence-electron chi connectivity index (χ3n) is 2.70. The van der Waals surface area contributed by atoms with Crippen molar-refractivity contribution >= 4 is 18.2 Å². The van der Waals surface area contributed by atoms with Gasteiger partial charge in [-0.3, -0.25) is 4.79 Å². The SMILES string of the molecule is Cc1cccc(C(=O)N/N=C/C=C/c2ccccc2)c1. The molecule has 0 unspecified atom stereocenters. The van der Waals surface area contributed by atoms with Crippen LogP contribution in [0.3, 0.4) is 0 Å². The Morgan fingerprint density at radius 2 is 1.90 bits per heavy atom. The van der Waals surface area contributed by atoms with Crippen LogP contribution in [0.15, 0.2) is 65.8 Å². The van der Waals surface area contributed by atoms with Gasteiger partial charge in [0.25, 0.3) is 5.91 Å². The normalized spacial score (nSPS) is 11.1. The van der Waals surface area contributed by atoms with Crippen molar-refractivity contribution < 1.29 is 4.79 Å². The van der Waals surface area contributed by atoms with Crippen LogP contribution < -0.4 is 5.43 Å². The monoisotopic (exact) mass is 264 g/mol. The molecule has 0 saturated heterocycles. The predicted octanol–water partition coefficient (Wildman–Crippen LogP) is 3.42. The van der Waals surface area contributed by atoms with Gasteiger partial charge in [0.2, 0.25) is 0 Å². The van der Waals surface area contributed by atoms with E-state index in [4.69, 9.17) is 0 Å². The highest BCUT2D eigenvalue weighted by molar-refractivity contribution is 5.94. The number of hydrogen-bond acceptors (Lipinski definition) is 2. The van der Waals surface area contributed by atoms with E-state index < -0.39 is 0 Å². The van der Waals surface area contributed by atoms with E-state index in [1.807, 2.05) is 61.5 Å². The van der Waals surface area contributed by atoms with Crippen LogP contribution in [0.1, 0.15) is 21.5 Å². The van der Waals surface area contributed by atoms with Gasteiger partial charge < -0.3 is 0 Å². The number of aryl methyl sites for hydroxylation is 1. The average molecular weight is 264 g/mol. The molecule has 2 rings (SSSR count). The third kappa shape index (κ3) is 4.21. The molecule has 1 N–H and O–H groups in total. The van der Waals surface area contributed by atoms with Gasteiger partial charge in [0.15, 0.2) is 0 Å². The molecule has 100 valence electrons. The molecule has 0 bridgehead atoms. The minimum atomic E-state index is -0.210. The van der Waals surface area contributed by atoms with Crippen molar-refractivity contribution in [3.05, 3.63) is 77.4 Å². The highest BCUT2D eigenvalue weighted by Crippen LogP contribution is 2.03. The molecular formula is C17H16N2O. The van der Waals surface area contributed by atoms with E-state index in [1.54, 1.807) is 18.4 Å². The van der Waals surface area contributed by atoms with Crippen LogP contribution in [0.4, 0.5) is 0 Å². The summed E-state index contributed by atoms with van der Waals surface area (Å²) in [5.74, 6) is -0.210. The molecule has 0 radical (unpaired) electrons. The first-order valence-corrected chi connectivity index (χ1v) is 6.37. The van der Waals surface area contributed by atoms with Gasteiger partial charge in [-0.25, -0.2) is 5.43 Å². The predicted molar refractivity (Wildman–Crippen MR) is 82.6 cm³/mol. The number of hydrogen-bond donors (Lipinski definition) is 1. The van der Waals surface area contributed by atoms with E-state index in [2.05, 4.69) is 10.5 Å². The Morgan fingerprint density at radius 3 is 2.65 bits per heavy atom. The summed E-state index contributed by atoms with van der Waals surface area (Å²) in [6.45, 7) is 1.95. The largest absolute Gasteiger partial charge is 0.271 e. The van der Waals surface area contributed by atoms with Crippen molar-refractivity contribution in [3.8, 4) is 0 Å². The van der Waals surface area contributed by atoms with E-state index in [-0.39, 0.29) is 5.91 Å². The van der Waals surface area contributed by atoms with Crippen molar-refractivity contribution in [1.82, 2.24) is 5.43 Å². The number of benzene rings is 2. The van der Waals surface area contributed by atoms with Gasteiger partial charge in [-0.05, 0) is 30.7 Å². The average Bonchev–Trinajstić information content (AvgIpc) is 2.48. The minimum absolute atomic E-state index is 0.210. The lowest BCUT2D eigenvalue weighted by Crippen LogP contribution is -2.17. The number of rotatable bonds is 4. The first kappa shape index (κ1) is 13.7. The second kappa shape index (κ2) is 7.04. The molecule has 0 aliphatic heterocycles. The van der Waals surface area contributed by atoms with Crippen molar-refractivity contribution in [3.63, 3.8) is 0 Å². The Balaban J connectivity index is 1.87. The number of nitrogens with one attached hydrogen (secondary N) is 1. The maximum atomic E-state index is 11.8. The molecule has 3 nitrogen and oxygen atoms in total. The van der Waals surface area contributed by atoms with Gasteiger partial charge in [-0.1, -0.05) is 54.1 Å². The number of amides is 1. The number of carbonyl (C=O) groups excluding carboxylic acids is 1. The van der Waals surface area contributed by atoms with E-state index >= 15 is 0 Å². The topological polar surface area (TPSA) is 41.5 Å². The molecule has 0 heterocycles. The van der Waals surface area contributed by atoms with Gasteiger partial charge in [-0.2, -0.15) is 5.10 Å². The second-order valence-corrected chi connectivity index (χ2v) is 4.36. The summed E-state index contributed by atoms with van der Waals surface area (Å²) >= 11 is 0. The maximum Gasteiger partial charge on any atom is 0.271 e. The fourth-order valence-corrected chi connectivity index (χ4v) is 1.71. The van der Waals surface area contributed by atoms with Gasteiger partial charge in [-0.15, -0.1) is 0 Å². The van der Waals surface area contributed by atoms with Crippen LogP contribution in [-0.4, -0.2) is 12.1 Å². The zero-order chi connectivity index (χ0) is 14.2. The van der Waals surface area contributed by atoms with Crippen molar-refractivity contribution in [2.24, 2.45) is 5.10 Å². The Bertz CT molecular complexity index is 630. The summed E-state index contributed by atoms with van der Waals surface area (Å²) < 4.78 is 0. The zero-order valence-corrected chi connectivity index (χ0v) is 11.3. The summed E-state index contributed by atoms with van der Waals surface area (Å²) in [5, 5.41) is 3.88. The van der Waals surface area contributed by atoms with E-state index in [0.717, 1.165) is 11.1 Å². The van der Waals surface area contributed by atoms with Crippen molar-refractivity contribution in [2.75, 3.05) is 0 Å². The molecule has 2 aromatic carbocycles. The van der Waals surface area contributed by atoms with Crippen molar-refractivity contribution in [2.45, 2.75) is 6.92 Å². The smallest absolute Gasteiger partial charge is 0.267 e. The molecule has 0 atom stereocenters. The standard InChI is InChI=1S/C17H16N2O/c1-14-7-5-11-16(13-14)17(20)19-18-12-6-10-15-8-3-2-4-9-15/h2-13H,1H3,(H,19,20)/b10-6+,18-12+. The van der Waals surface area contributed by atoms with E-state index in [9.17, 15) is 4.79 Å². The number of carbonyl (C=O) groups is 1. The molecule has 0 aliphatic rings. The van der Waals surface area contributed by atoms with Gasteiger partial charge in [0.05, 0.1) is 0 Å². The fraction of sp³-hybridized carbons (Fsp3) is 0.0588. The summed E-state index contributed by atoms with van der Waals surface area (Å²) in [5.41, 5.74) is 5.23. The number of nitrogens with zero attached hydrogens (tertiary/aromatic N) is 1. The van der Waals surface area contributed by atoms with Gasteiger partial charge in [0, 0.05) is 11.8 Å². The molecule has 0 aromatic heterocycles. The minimum Gasteiger partial charge on any atom is -0.267 e. The van der Waals surface area contributed by atoms with Crippen molar-refractivity contribution in [1.29, 1.82) is 0 Å². The molecular weight excluding hydrogens is 248 g/mol. The van der Waals surface area contributed by atoms with E-state index in [1.165, 1.54) is 0 Å². The summed E-state index contributed by atoms with van der Waals surface area (Å²) in [7, 11) is 0. The Labute approximate surface area is 118 Å². The molecule has 20 heavy (non-hydrogen) atoms. The number of hydrazone groups is 1. The Morgan fingerprint density at radius 1 is 1.10 bits per heavy atom. The van der Waals surface area contributed by atoms with Crippen LogP contribution in [0.2, 0.25) is 0 Å². The van der Waals surface area contributed by atoms with Gasteiger partial charge >= 0.3 is 0 Å². The lowest BCUT2D eigenvalue weighted by atomic mass is 10.1. The number of allylic oxidation sites excluding steroid dienone is 1. The highest BCUT2D eigenvalue weighted by atomic mass is 16.2. The molecule has 0 spiro atoms. The first-order valence-electron chi connectivity index (χ1n) is 6.37. The maximum absolute atomic E-state index is 11.8. The molecule has 0 fully saturated rings. The Hall–Kier alpha value is -2.68. The summed E-state index contributed by atoms with van der Waals surface area (Å²) in [6, 6.07) is 17.3. The van der Waals surface area contributed by atoms with Crippen LogP contribution in [0.25, 0.3) is 6.08 Å². The van der Waals surface area contributed by atoms with Crippen LogP contribution >= 0.6 is 0 Å². The van der Waals surface area contributed by atoms with Crippen LogP contribution in [0, 0.1) is 6.92 Å². The molecule has 0 saturated carbocycles. The summed E-state index contributed by atoms with van der Waals surface area (Å²) in [4.78, 5) is 11.8. The lowest BCUT2D eigenvalue weighted by Gasteiger charge is -1.99. The van der Waals surface area contributed by atoms with Crippen LogP contribution in [-0.2, 0) is 0 Å². The second-order valence-electron chi connectivity index (χ2n) is 4.36. The first-order chi connectivity index (χ1) is 9.75. The Kier molecular flexibility index (Phi) is 4.84. The lowest BCUT2D eigenvalue weighted by molar-refractivity contribution is 0.0955. The van der Waals surface area contributed by atoms with E-state index in [0.29, 0.717) is 5.56 Å². The third-order valence-corrected chi connectivity index (χ3v) is 2.70. The quantitative estimate of drug-likeness (QED) is 0.667. The van der Waals surface area contributed by atoms with Gasteiger partial charge in [0.1, 0.15) is 0 Å². The molecule has 1 amide bonds. The highest BCUT2D eigenvalue weighted by Gasteiger charge is 2.02. The molecule has 3 heteroatoms. The zero-order valence-electron chi connectivity index (χ0n) is 11.3. The molecule has 0 aliphatic carbocycles. The fourth-order valence-electron chi connectivity index (χ4n) is 1.71. The van der Waals surface area contributed by atoms with Crippen LogP contribution in [0.5, 0.6) is 0 Å². The molecule has 2 aromatic rings. The summed E-state index contributed by atoms with van der Waals surface area (Å²) in [6.07, 6.45) is 5.26.